The van der Waals surface area contributed by atoms with E-state index in [1.165, 1.54) is 51.2 Å². The molecule has 0 saturated heterocycles. The first-order valence-corrected chi connectivity index (χ1v) is 8.15. The standard InChI is InChI=1S/C18H27NO2/c1-3-17(15-7-5-4-6-8-15)19-13-14-9-11-16(12-10-14)18(20)21-2/h9-12,15,17,19H,3-8,13H2,1-2H3. The summed E-state index contributed by atoms with van der Waals surface area (Å²) in [4.78, 5) is 11.4. The Kier molecular flexibility index (Phi) is 6.24. The molecule has 1 fully saturated rings. The molecule has 2 rings (SSSR count). The van der Waals surface area contributed by atoms with Crippen LogP contribution >= 0.6 is 0 Å². The van der Waals surface area contributed by atoms with E-state index in [-0.39, 0.29) is 5.97 Å². The van der Waals surface area contributed by atoms with Crippen molar-refractivity contribution >= 4 is 5.97 Å². The van der Waals surface area contributed by atoms with Crippen molar-refractivity contribution in [1.29, 1.82) is 0 Å². The van der Waals surface area contributed by atoms with Crippen molar-refractivity contribution in [3.8, 4) is 0 Å². The highest BCUT2D eigenvalue weighted by molar-refractivity contribution is 5.89. The van der Waals surface area contributed by atoms with Crippen molar-refractivity contribution < 1.29 is 9.53 Å². The number of nitrogens with one attached hydrogen (secondary N) is 1. The van der Waals surface area contributed by atoms with Crippen LogP contribution in [-0.2, 0) is 11.3 Å². The Bertz CT molecular complexity index is 435. The van der Waals surface area contributed by atoms with Crippen LogP contribution in [0.5, 0.6) is 0 Å². The van der Waals surface area contributed by atoms with Crippen LogP contribution < -0.4 is 5.32 Å². The fourth-order valence-corrected chi connectivity index (χ4v) is 3.31. The van der Waals surface area contributed by atoms with Gasteiger partial charge in [-0.05, 0) is 42.9 Å². The van der Waals surface area contributed by atoms with E-state index < -0.39 is 0 Å². The van der Waals surface area contributed by atoms with Gasteiger partial charge in [0.15, 0.2) is 0 Å². The largest absolute Gasteiger partial charge is 0.465 e. The minimum absolute atomic E-state index is 0.275. The third-order valence-electron chi connectivity index (χ3n) is 4.60. The Morgan fingerprint density at radius 3 is 2.48 bits per heavy atom. The Labute approximate surface area is 128 Å². The van der Waals surface area contributed by atoms with Crippen molar-refractivity contribution in [3.63, 3.8) is 0 Å². The van der Waals surface area contributed by atoms with Gasteiger partial charge in [-0.15, -0.1) is 0 Å². The monoisotopic (exact) mass is 289 g/mol. The smallest absolute Gasteiger partial charge is 0.337 e. The van der Waals surface area contributed by atoms with Crippen molar-refractivity contribution in [2.45, 2.75) is 58.0 Å². The summed E-state index contributed by atoms with van der Waals surface area (Å²) in [5.74, 6) is 0.557. The number of benzene rings is 1. The van der Waals surface area contributed by atoms with Crippen molar-refractivity contribution in [3.05, 3.63) is 35.4 Å². The summed E-state index contributed by atoms with van der Waals surface area (Å²) in [7, 11) is 1.41. The van der Waals surface area contributed by atoms with Gasteiger partial charge in [0.25, 0.3) is 0 Å². The average Bonchev–Trinajstić information content (AvgIpc) is 2.56. The highest BCUT2D eigenvalue weighted by Crippen LogP contribution is 2.27. The lowest BCUT2D eigenvalue weighted by Crippen LogP contribution is -2.36. The molecule has 0 aliphatic heterocycles. The maximum Gasteiger partial charge on any atom is 0.337 e. The molecule has 1 aromatic carbocycles. The summed E-state index contributed by atoms with van der Waals surface area (Å²) in [5.41, 5.74) is 1.83. The van der Waals surface area contributed by atoms with E-state index in [0.29, 0.717) is 11.6 Å². The Morgan fingerprint density at radius 1 is 1.24 bits per heavy atom. The molecule has 0 radical (unpaired) electrons. The van der Waals surface area contributed by atoms with E-state index in [1.54, 1.807) is 0 Å². The molecule has 1 aromatic rings. The first-order chi connectivity index (χ1) is 10.2. The van der Waals surface area contributed by atoms with Gasteiger partial charge in [-0.3, -0.25) is 0 Å². The van der Waals surface area contributed by atoms with Crippen LogP contribution in [0.2, 0.25) is 0 Å². The summed E-state index contributed by atoms with van der Waals surface area (Å²) >= 11 is 0. The van der Waals surface area contributed by atoms with Crippen LogP contribution in [0, 0.1) is 5.92 Å². The Balaban J connectivity index is 1.87. The minimum Gasteiger partial charge on any atom is -0.465 e. The van der Waals surface area contributed by atoms with Gasteiger partial charge in [0.05, 0.1) is 12.7 Å². The molecule has 3 nitrogen and oxygen atoms in total. The topological polar surface area (TPSA) is 38.3 Å². The molecule has 116 valence electrons. The lowest BCUT2D eigenvalue weighted by Gasteiger charge is -2.30. The van der Waals surface area contributed by atoms with Gasteiger partial charge in [0, 0.05) is 12.6 Å². The predicted octanol–water partition coefficient (Wildman–Crippen LogP) is 3.92. The normalized spacial score (nSPS) is 17.4. The van der Waals surface area contributed by atoms with Crippen LogP contribution in [0.25, 0.3) is 0 Å². The zero-order chi connectivity index (χ0) is 15.1. The summed E-state index contributed by atoms with van der Waals surface area (Å²) in [6.45, 7) is 3.14. The van der Waals surface area contributed by atoms with Gasteiger partial charge in [0.1, 0.15) is 0 Å². The van der Waals surface area contributed by atoms with Gasteiger partial charge in [0.2, 0.25) is 0 Å². The quantitative estimate of drug-likeness (QED) is 0.807. The summed E-state index contributed by atoms with van der Waals surface area (Å²) in [6, 6.07) is 8.31. The number of carbonyl (C=O) groups excluding carboxylic acids is 1. The van der Waals surface area contributed by atoms with Crippen LogP contribution in [0.1, 0.15) is 61.4 Å². The van der Waals surface area contributed by atoms with E-state index in [4.69, 9.17) is 4.74 Å². The third kappa shape index (κ3) is 4.57. The molecule has 0 heterocycles. The zero-order valence-corrected chi connectivity index (χ0v) is 13.2. The summed E-state index contributed by atoms with van der Waals surface area (Å²) in [6.07, 6.45) is 8.10. The fourth-order valence-electron chi connectivity index (χ4n) is 3.31. The fraction of sp³-hybridized carbons (Fsp3) is 0.611. The van der Waals surface area contributed by atoms with Gasteiger partial charge >= 0.3 is 5.97 Å². The molecule has 1 N–H and O–H groups in total. The first-order valence-electron chi connectivity index (χ1n) is 8.15. The lowest BCUT2D eigenvalue weighted by atomic mass is 9.83. The summed E-state index contributed by atoms with van der Waals surface area (Å²) < 4.78 is 4.72. The van der Waals surface area contributed by atoms with E-state index >= 15 is 0 Å². The van der Waals surface area contributed by atoms with E-state index in [1.807, 2.05) is 24.3 Å². The van der Waals surface area contributed by atoms with Gasteiger partial charge in [-0.25, -0.2) is 4.79 Å². The second kappa shape index (κ2) is 8.18. The maximum absolute atomic E-state index is 11.4. The second-order valence-electron chi connectivity index (χ2n) is 5.98. The number of ether oxygens (including phenoxy) is 1. The van der Waals surface area contributed by atoms with Gasteiger partial charge in [-0.2, -0.15) is 0 Å². The number of hydrogen-bond donors (Lipinski definition) is 1. The zero-order valence-electron chi connectivity index (χ0n) is 13.2. The molecule has 1 aliphatic carbocycles. The highest BCUT2D eigenvalue weighted by Gasteiger charge is 2.21. The molecule has 21 heavy (non-hydrogen) atoms. The molecule has 0 spiro atoms. The minimum atomic E-state index is -0.275. The molecule has 1 unspecified atom stereocenters. The van der Waals surface area contributed by atoms with Crippen LogP contribution in [-0.4, -0.2) is 19.1 Å². The van der Waals surface area contributed by atoms with Gasteiger partial charge in [-0.1, -0.05) is 38.3 Å². The molecule has 0 amide bonds. The molecule has 1 aliphatic rings. The molecule has 3 heteroatoms. The van der Waals surface area contributed by atoms with Crippen LogP contribution in [0.4, 0.5) is 0 Å². The maximum atomic E-state index is 11.4. The lowest BCUT2D eigenvalue weighted by molar-refractivity contribution is 0.0600. The van der Waals surface area contributed by atoms with Crippen LogP contribution in [0.15, 0.2) is 24.3 Å². The molecule has 0 bridgehead atoms. The third-order valence-corrected chi connectivity index (χ3v) is 4.60. The number of methoxy groups -OCH3 is 1. The molecular formula is C18H27NO2. The highest BCUT2D eigenvalue weighted by atomic mass is 16.5. The number of rotatable bonds is 6. The molecular weight excluding hydrogens is 262 g/mol. The van der Waals surface area contributed by atoms with Crippen molar-refractivity contribution in [1.82, 2.24) is 5.32 Å². The molecule has 1 atom stereocenters. The number of carbonyl (C=O) groups is 1. The number of hydrogen-bond acceptors (Lipinski definition) is 3. The van der Waals surface area contributed by atoms with Gasteiger partial charge < -0.3 is 10.1 Å². The van der Waals surface area contributed by atoms with E-state index in [0.717, 1.165) is 12.5 Å². The van der Waals surface area contributed by atoms with E-state index in [2.05, 4.69) is 12.2 Å². The van der Waals surface area contributed by atoms with Crippen molar-refractivity contribution in [2.75, 3.05) is 7.11 Å². The average molecular weight is 289 g/mol. The van der Waals surface area contributed by atoms with Crippen LogP contribution in [0.3, 0.4) is 0 Å². The second-order valence-corrected chi connectivity index (χ2v) is 5.98. The first kappa shape index (κ1) is 16.0. The molecule has 0 aromatic heterocycles. The Morgan fingerprint density at radius 2 is 1.90 bits per heavy atom. The SMILES string of the molecule is CCC(NCc1ccc(C(=O)OC)cc1)C1CCCCC1. The predicted molar refractivity (Wildman–Crippen MR) is 85.3 cm³/mol. The van der Waals surface area contributed by atoms with Crippen molar-refractivity contribution in [2.24, 2.45) is 5.92 Å². The number of esters is 1. The molecule has 1 saturated carbocycles. The Hall–Kier alpha value is -1.35. The summed E-state index contributed by atoms with van der Waals surface area (Å²) in [5, 5.41) is 3.70. The van der Waals surface area contributed by atoms with E-state index in [9.17, 15) is 4.79 Å².